The van der Waals surface area contributed by atoms with E-state index in [0.29, 0.717) is 23.9 Å². The lowest BCUT2D eigenvalue weighted by atomic mass is 9.88. The number of ketones is 1. The fraction of sp³-hybridized carbons (Fsp3) is 0.500. The Balaban J connectivity index is 1.95. The number of piperidine rings is 1. The van der Waals surface area contributed by atoms with Crippen LogP contribution in [0.4, 0.5) is 5.95 Å². The molecule has 1 aliphatic heterocycles. The summed E-state index contributed by atoms with van der Waals surface area (Å²) in [5, 5.41) is 0. The molecule has 1 aliphatic rings. The minimum Gasteiger partial charge on any atom is -0.341 e. The second-order valence-corrected chi connectivity index (χ2v) is 6.78. The molecule has 1 unspecified atom stereocenters. The average Bonchev–Trinajstić information content (AvgIpc) is 2.64. The predicted molar refractivity (Wildman–Crippen MR) is 95.3 cm³/mol. The molecule has 3 rings (SSSR count). The minimum atomic E-state index is -0.143. The quantitative estimate of drug-likeness (QED) is 0.842. The molecule has 0 spiro atoms. The summed E-state index contributed by atoms with van der Waals surface area (Å²) in [6.45, 7) is 5.26. The lowest BCUT2D eigenvalue weighted by molar-refractivity contribution is -0.126. The minimum absolute atomic E-state index is 0.00615. The molecule has 1 saturated heterocycles. The van der Waals surface area contributed by atoms with Crippen LogP contribution in [0.5, 0.6) is 0 Å². The number of carbonyl (C=O) groups excluding carboxylic acids is 1. The smallest absolute Gasteiger partial charge is 0.255 e. The highest BCUT2D eigenvalue weighted by molar-refractivity contribution is 5.83. The standard InChI is InChI=1S/C18H23N5O2/c1-12(2)17(25)13-5-4-8-23(10-13)18-21-15(9-16(24)22(18)3)14-6-7-19-11-20-14/h6-7,9,11-13H,4-5,8,10H2,1-3H3. The largest absolute Gasteiger partial charge is 0.341 e. The van der Waals surface area contributed by atoms with Crippen molar-refractivity contribution >= 4 is 11.7 Å². The van der Waals surface area contributed by atoms with Crippen LogP contribution < -0.4 is 10.5 Å². The number of Topliss-reactive ketones (excluding diaryl/α,β-unsaturated/α-hetero) is 1. The zero-order chi connectivity index (χ0) is 18.0. The number of anilines is 1. The van der Waals surface area contributed by atoms with Gasteiger partial charge in [-0.1, -0.05) is 13.8 Å². The molecular formula is C18H23N5O2. The van der Waals surface area contributed by atoms with Crippen molar-refractivity contribution < 1.29 is 4.79 Å². The van der Waals surface area contributed by atoms with Crippen LogP contribution in [0.2, 0.25) is 0 Å². The molecule has 132 valence electrons. The van der Waals surface area contributed by atoms with Crippen molar-refractivity contribution in [1.29, 1.82) is 0 Å². The van der Waals surface area contributed by atoms with Crippen LogP contribution in [-0.4, -0.2) is 38.4 Å². The van der Waals surface area contributed by atoms with Gasteiger partial charge >= 0.3 is 0 Å². The number of rotatable bonds is 4. The lowest BCUT2D eigenvalue weighted by Crippen LogP contribution is -2.42. The maximum atomic E-state index is 12.4. The molecule has 0 N–H and O–H groups in total. The third kappa shape index (κ3) is 3.60. The highest BCUT2D eigenvalue weighted by Crippen LogP contribution is 2.24. The third-order valence-electron chi connectivity index (χ3n) is 4.63. The third-order valence-corrected chi connectivity index (χ3v) is 4.63. The van der Waals surface area contributed by atoms with E-state index in [2.05, 4.69) is 15.0 Å². The van der Waals surface area contributed by atoms with Crippen LogP contribution in [0.15, 0.2) is 29.5 Å². The first-order chi connectivity index (χ1) is 12.0. The van der Waals surface area contributed by atoms with E-state index < -0.39 is 0 Å². The molecule has 0 aliphatic carbocycles. The van der Waals surface area contributed by atoms with Gasteiger partial charge in [-0.25, -0.2) is 15.0 Å². The maximum absolute atomic E-state index is 12.4. The first-order valence-corrected chi connectivity index (χ1v) is 8.60. The molecule has 0 aromatic carbocycles. The first kappa shape index (κ1) is 17.3. The van der Waals surface area contributed by atoms with E-state index >= 15 is 0 Å². The molecule has 25 heavy (non-hydrogen) atoms. The maximum Gasteiger partial charge on any atom is 0.255 e. The van der Waals surface area contributed by atoms with Gasteiger partial charge in [0.15, 0.2) is 0 Å². The van der Waals surface area contributed by atoms with E-state index in [0.717, 1.165) is 19.4 Å². The van der Waals surface area contributed by atoms with Gasteiger partial charge in [0.1, 0.15) is 12.1 Å². The van der Waals surface area contributed by atoms with E-state index in [9.17, 15) is 9.59 Å². The van der Waals surface area contributed by atoms with Crippen LogP contribution in [0.1, 0.15) is 26.7 Å². The van der Waals surface area contributed by atoms with E-state index in [1.807, 2.05) is 18.7 Å². The lowest BCUT2D eigenvalue weighted by Gasteiger charge is -2.34. The molecule has 7 heteroatoms. The van der Waals surface area contributed by atoms with Crippen molar-refractivity contribution in [1.82, 2.24) is 19.5 Å². The summed E-state index contributed by atoms with van der Waals surface area (Å²) < 4.78 is 1.53. The van der Waals surface area contributed by atoms with Gasteiger partial charge in [0.2, 0.25) is 5.95 Å². The van der Waals surface area contributed by atoms with E-state index in [1.54, 1.807) is 19.3 Å². The van der Waals surface area contributed by atoms with Gasteiger partial charge in [0.05, 0.1) is 11.4 Å². The Labute approximate surface area is 146 Å². The summed E-state index contributed by atoms with van der Waals surface area (Å²) in [6, 6.07) is 3.21. The Hall–Kier alpha value is -2.57. The van der Waals surface area contributed by atoms with E-state index in [-0.39, 0.29) is 23.2 Å². The summed E-state index contributed by atoms with van der Waals surface area (Å²) in [6.07, 6.45) is 4.87. The van der Waals surface area contributed by atoms with E-state index in [1.165, 1.54) is 17.0 Å². The van der Waals surface area contributed by atoms with Crippen molar-refractivity contribution in [3.05, 3.63) is 35.0 Å². The average molecular weight is 341 g/mol. The number of carbonyl (C=O) groups is 1. The fourth-order valence-electron chi connectivity index (χ4n) is 3.25. The van der Waals surface area contributed by atoms with Gasteiger partial charge in [-0.05, 0) is 18.9 Å². The molecule has 0 radical (unpaired) electrons. The number of nitrogens with zero attached hydrogens (tertiary/aromatic N) is 5. The Morgan fingerprint density at radius 1 is 1.32 bits per heavy atom. The number of hydrogen-bond acceptors (Lipinski definition) is 6. The molecule has 0 amide bonds. The van der Waals surface area contributed by atoms with Crippen molar-refractivity contribution in [3.63, 3.8) is 0 Å². The van der Waals surface area contributed by atoms with Gasteiger partial charge in [-0.2, -0.15) is 0 Å². The van der Waals surface area contributed by atoms with Crippen LogP contribution in [-0.2, 0) is 11.8 Å². The van der Waals surface area contributed by atoms with Crippen molar-refractivity contribution in [2.45, 2.75) is 26.7 Å². The van der Waals surface area contributed by atoms with Gasteiger partial charge in [0, 0.05) is 44.2 Å². The Bertz CT molecular complexity index is 816. The Morgan fingerprint density at radius 3 is 2.80 bits per heavy atom. The molecule has 7 nitrogen and oxygen atoms in total. The summed E-state index contributed by atoms with van der Waals surface area (Å²) in [5.41, 5.74) is 0.995. The monoisotopic (exact) mass is 341 g/mol. The van der Waals surface area contributed by atoms with E-state index in [4.69, 9.17) is 0 Å². The van der Waals surface area contributed by atoms with Crippen molar-refractivity contribution in [2.75, 3.05) is 18.0 Å². The van der Waals surface area contributed by atoms with Crippen molar-refractivity contribution in [3.8, 4) is 11.4 Å². The van der Waals surface area contributed by atoms with Crippen LogP contribution in [0.3, 0.4) is 0 Å². The molecular weight excluding hydrogens is 318 g/mol. The summed E-state index contributed by atoms with van der Waals surface area (Å²) in [7, 11) is 1.71. The molecule has 0 bridgehead atoms. The molecule has 0 saturated carbocycles. The Kier molecular flexibility index (Phi) is 4.92. The second kappa shape index (κ2) is 7.13. The SMILES string of the molecule is CC(C)C(=O)C1CCCN(c2nc(-c3ccncn3)cc(=O)n2C)C1. The summed E-state index contributed by atoms with van der Waals surface area (Å²) in [4.78, 5) is 39.5. The van der Waals surface area contributed by atoms with Gasteiger partial charge < -0.3 is 4.90 Å². The molecule has 3 heterocycles. The second-order valence-electron chi connectivity index (χ2n) is 6.78. The first-order valence-electron chi connectivity index (χ1n) is 8.60. The molecule has 2 aromatic rings. The molecule has 1 atom stereocenters. The Morgan fingerprint density at radius 2 is 2.12 bits per heavy atom. The number of hydrogen-bond donors (Lipinski definition) is 0. The molecule has 2 aromatic heterocycles. The van der Waals surface area contributed by atoms with Gasteiger partial charge in [-0.3, -0.25) is 14.2 Å². The van der Waals surface area contributed by atoms with Gasteiger partial charge in [-0.15, -0.1) is 0 Å². The van der Waals surface area contributed by atoms with Crippen LogP contribution in [0.25, 0.3) is 11.4 Å². The summed E-state index contributed by atoms with van der Waals surface area (Å²) in [5.74, 6) is 0.881. The predicted octanol–water partition coefficient (Wildman–Crippen LogP) is 1.68. The summed E-state index contributed by atoms with van der Waals surface area (Å²) >= 11 is 0. The zero-order valence-electron chi connectivity index (χ0n) is 14.8. The number of aromatic nitrogens is 4. The normalized spacial score (nSPS) is 17.8. The highest BCUT2D eigenvalue weighted by atomic mass is 16.1. The van der Waals surface area contributed by atoms with Crippen molar-refractivity contribution in [2.24, 2.45) is 18.9 Å². The van der Waals surface area contributed by atoms with Crippen LogP contribution >= 0.6 is 0 Å². The topological polar surface area (TPSA) is 81.0 Å². The zero-order valence-corrected chi connectivity index (χ0v) is 14.8. The highest BCUT2D eigenvalue weighted by Gasteiger charge is 2.29. The van der Waals surface area contributed by atoms with Gasteiger partial charge in [0.25, 0.3) is 5.56 Å². The molecule has 1 fully saturated rings. The fourth-order valence-corrected chi connectivity index (χ4v) is 3.25. The van der Waals surface area contributed by atoms with Crippen LogP contribution in [0, 0.1) is 11.8 Å².